The van der Waals surface area contributed by atoms with Crippen LogP contribution in [0.4, 0.5) is 0 Å². The maximum Gasteiger partial charge on any atom is 0.342 e. The number of imidazole rings is 1. The first-order valence-electron chi connectivity index (χ1n) is 22.4. The van der Waals surface area contributed by atoms with Crippen molar-refractivity contribution in [2.24, 2.45) is 80.0 Å². The van der Waals surface area contributed by atoms with Crippen LogP contribution in [0.1, 0.15) is 24.6 Å². The molecule has 0 spiro atoms. The molecule has 0 aromatic carbocycles. The molecule has 0 atom stereocenters. The largest absolute Gasteiger partial charge is 0.342 e. The number of aliphatic imine (C=N–C) groups is 1. The summed E-state index contributed by atoms with van der Waals surface area (Å²) in [5, 5.41) is 64.9. The van der Waals surface area contributed by atoms with E-state index in [0.717, 1.165) is 11.5 Å². The Hall–Kier alpha value is -10.7. The Morgan fingerprint density at radius 1 is 0.590 bits per heavy atom. The molecule has 12 rings (SSSR count). The van der Waals surface area contributed by atoms with Gasteiger partial charge in [-0.1, -0.05) is 22.6 Å². The van der Waals surface area contributed by atoms with E-state index in [1.54, 1.807) is 121 Å². The maximum absolute atomic E-state index is 10.4. The number of carbonyl (C=O) groups excluding carboxylic acids is 2. The van der Waals surface area contributed by atoms with Crippen LogP contribution in [0.15, 0.2) is 158 Å². The molecule has 0 saturated heterocycles. The quantitative estimate of drug-likeness (QED) is 0.201. The number of hydrogen-bond acceptors (Lipinski definition) is 25. The number of nitrogens with zero attached hydrogens (tertiary/aromatic N) is 30. The van der Waals surface area contributed by atoms with E-state index in [1.807, 2.05) is 71.4 Å². The fourth-order valence-electron chi connectivity index (χ4n) is 3.91. The molecule has 0 bridgehead atoms. The molecular formula is C42H64N32O4. The van der Waals surface area contributed by atoms with Crippen molar-refractivity contribution in [1.82, 2.24) is 129 Å². The molecule has 9 aromatic rings. The van der Waals surface area contributed by atoms with Crippen LogP contribution in [0.3, 0.4) is 0 Å². The average molecular weight is 1080 g/mol. The van der Waals surface area contributed by atoms with Crippen molar-refractivity contribution in [3.8, 4) is 0 Å². The van der Waals surface area contributed by atoms with Crippen molar-refractivity contribution in [3.63, 3.8) is 0 Å². The number of hydrazone groups is 1. The van der Waals surface area contributed by atoms with E-state index in [2.05, 4.69) is 117 Å². The van der Waals surface area contributed by atoms with E-state index in [4.69, 9.17) is 0 Å². The van der Waals surface area contributed by atoms with Gasteiger partial charge in [-0.15, -0.1) is 25.5 Å². The molecular weight excluding hydrogens is 1020 g/mol. The Labute approximate surface area is 446 Å². The minimum Gasteiger partial charge on any atom is -0.313 e. The lowest BCUT2D eigenvalue weighted by Crippen LogP contribution is -2.16. The molecule has 0 fully saturated rings. The molecule has 2 amide bonds. The molecule has 9 aromatic heterocycles. The smallest absolute Gasteiger partial charge is 0.313 e. The van der Waals surface area contributed by atoms with Gasteiger partial charge in [-0.2, -0.15) is 45.3 Å². The van der Waals surface area contributed by atoms with E-state index in [1.165, 1.54) is 64.3 Å². The van der Waals surface area contributed by atoms with Gasteiger partial charge in [-0.3, -0.25) is 33.5 Å². The van der Waals surface area contributed by atoms with Gasteiger partial charge in [0.25, 0.3) is 5.91 Å². The lowest BCUT2D eigenvalue weighted by atomic mass is 10.3. The van der Waals surface area contributed by atoms with E-state index >= 15 is 0 Å². The summed E-state index contributed by atoms with van der Waals surface area (Å²) >= 11 is 0. The first-order valence-corrected chi connectivity index (χ1v) is 22.4. The number of aromatic amines is 2. The van der Waals surface area contributed by atoms with Crippen molar-refractivity contribution < 1.29 is 9.59 Å². The van der Waals surface area contributed by atoms with Gasteiger partial charge in [-0.05, 0) is 60.2 Å². The average Bonchev–Trinajstić information content (AvgIpc) is 4.24. The number of nitrogens with one attached hydrogen (secondary N) is 2. The zero-order valence-electron chi connectivity index (χ0n) is 45.2. The normalized spacial score (nSPS) is 11.5. The summed E-state index contributed by atoms with van der Waals surface area (Å²) < 4.78 is 7.64. The molecule has 0 radical (unpaired) electrons. The van der Waals surface area contributed by atoms with Gasteiger partial charge in [-0.25, -0.2) is 39.4 Å². The molecule has 36 heteroatoms. The zero-order valence-corrected chi connectivity index (χ0v) is 45.2. The third kappa shape index (κ3) is 35.4. The van der Waals surface area contributed by atoms with Crippen molar-refractivity contribution >= 4 is 23.9 Å². The molecule has 3 aliphatic rings. The van der Waals surface area contributed by atoms with E-state index < -0.39 is 0 Å². The number of tetrazole rings is 2. The van der Waals surface area contributed by atoms with Gasteiger partial charge in [0, 0.05) is 105 Å². The van der Waals surface area contributed by atoms with Gasteiger partial charge in [0.15, 0.2) is 13.0 Å². The first-order chi connectivity index (χ1) is 37.4. The lowest BCUT2D eigenvalue weighted by Gasteiger charge is -1.98. The number of carbonyl (C=O) groups is 2. The number of amides is 2. The summed E-state index contributed by atoms with van der Waals surface area (Å²) in [5.74, 6) is 0.815. The van der Waals surface area contributed by atoms with Crippen LogP contribution in [0.25, 0.3) is 0 Å². The van der Waals surface area contributed by atoms with Crippen LogP contribution < -0.4 is 11.4 Å². The molecule has 0 unspecified atom stereocenters. The second-order valence-corrected chi connectivity index (χ2v) is 14.5. The highest BCUT2D eigenvalue weighted by Gasteiger charge is 2.11. The minimum atomic E-state index is -0.181. The number of H-pyrrole nitrogens is 2. The Morgan fingerprint density at radius 3 is 1.54 bits per heavy atom. The van der Waals surface area contributed by atoms with Crippen molar-refractivity contribution in [1.29, 1.82) is 0 Å². The number of aryl methyl sites for hydroxylation is 9. The number of pyridine rings is 2. The second kappa shape index (κ2) is 40.7. The van der Waals surface area contributed by atoms with Crippen LogP contribution >= 0.6 is 0 Å². The first kappa shape index (κ1) is 65.3. The summed E-state index contributed by atoms with van der Waals surface area (Å²) in [6.07, 6.45) is 24.9. The van der Waals surface area contributed by atoms with Crippen molar-refractivity contribution in [3.05, 3.63) is 150 Å². The predicted molar refractivity (Wildman–Crippen MR) is 280 cm³/mol. The third-order valence-corrected chi connectivity index (χ3v) is 7.90. The number of aromatic nitrogens is 24. The Balaban J connectivity index is 0.000000426. The van der Waals surface area contributed by atoms with E-state index in [9.17, 15) is 19.2 Å². The number of amidine groups is 1. The van der Waals surface area contributed by atoms with E-state index in [0.29, 0.717) is 13.1 Å². The minimum absolute atomic E-state index is 0.0417. The molecule has 2 N–H and O–H groups in total. The highest BCUT2D eigenvalue weighted by Crippen LogP contribution is 1.96. The predicted octanol–water partition coefficient (Wildman–Crippen LogP) is -0.0447. The van der Waals surface area contributed by atoms with Gasteiger partial charge < -0.3 is 9.55 Å². The van der Waals surface area contributed by atoms with Crippen LogP contribution in [0.2, 0.25) is 0 Å². The van der Waals surface area contributed by atoms with Crippen LogP contribution in [0, 0.1) is 13.8 Å². The highest BCUT2D eigenvalue weighted by atomic mass is 16.2. The Bertz CT molecular complexity index is 2750. The standard InChI is InChI=1S/2C6H7N.2C4H6N2O.2C3H5N3O.4C3H5N3.2C2H4N4/c1-6-3-2-4-7-5-6;1-6-4-2-3-5-7-6;1-6-3-2-5-4(6)7;1-6-4(7)2-3-5-6;1-6-2-4-5-3(6)7;1-6-3(7)2-4-5-6;1-6-3-4-2-5-6;1-6-3-2-4-5-6;1-6-4-2-3-5-6;1-3-4-2-5-6-3;1-6-2-3-4-5-6;1-6-4-2-3-5-6/h2*2-5H,1H3;2-3H,1H3,(H,5,7);3H,2H2,1H3;2H,1H3,(H,5,7);2H2,1H3;3*2-3H,1H3;2H2,1H3;2*2H,1H3. The van der Waals surface area contributed by atoms with Crippen LogP contribution in [-0.2, 0) is 58.9 Å². The van der Waals surface area contributed by atoms with Crippen molar-refractivity contribution in [2.75, 3.05) is 27.3 Å². The summed E-state index contributed by atoms with van der Waals surface area (Å²) in [5.41, 5.74) is 2.03. The Kier molecular flexibility index (Phi) is 34.1. The number of rotatable bonds is 0. The van der Waals surface area contributed by atoms with Gasteiger partial charge in [0.1, 0.15) is 37.7 Å². The molecule has 416 valence electrons. The fraction of sp³-hybridized carbons (Fsp3) is 0.357. The zero-order chi connectivity index (χ0) is 57.8. The van der Waals surface area contributed by atoms with Crippen LogP contribution in [0.5, 0.6) is 0 Å². The lowest BCUT2D eigenvalue weighted by molar-refractivity contribution is -0.127. The van der Waals surface area contributed by atoms with Crippen molar-refractivity contribution in [2.45, 2.75) is 27.2 Å². The second-order valence-electron chi connectivity index (χ2n) is 14.5. The summed E-state index contributed by atoms with van der Waals surface area (Å²) in [6, 6.07) is 9.80. The SMILES string of the molecule is CC1=NCN=N1.CN1N=CCC1=O.CN1N=NCC1=O.Cc1ccccn1.Cc1cccnc1.Cn1cc[nH]c1=O.Cn1ccnn1.Cn1cn[nH]c1=O.Cn1cncn1.Cn1cnnn1.Cn1nccn1.Cn1ncnn1. The summed E-state index contributed by atoms with van der Waals surface area (Å²) in [4.78, 5) is 62.0. The molecule has 3 aliphatic heterocycles. The van der Waals surface area contributed by atoms with Gasteiger partial charge in [0.05, 0.1) is 32.1 Å². The monoisotopic (exact) mass is 1080 g/mol. The molecule has 12 heterocycles. The summed E-state index contributed by atoms with van der Waals surface area (Å²) in [6.45, 7) is 6.58. The maximum atomic E-state index is 10.4. The van der Waals surface area contributed by atoms with Gasteiger partial charge in [0.2, 0.25) is 5.91 Å². The molecule has 78 heavy (non-hydrogen) atoms. The molecule has 36 nitrogen and oxygen atoms in total. The number of azo groups is 1. The topological polar surface area (TPSA) is 408 Å². The third-order valence-electron chi connectivity index (χ3n) is 7.90. The summed E-state index contributed by atoms with van der Waals surface area (Å²) in [7, 11) is 15.5. The molecule has 0 saturated carbocycles. The molecule has 0 aliphatic carbocycles. The highest BCUT2D eigenvalue weighted by molar-refractivity contribution is 5.93. The fourth-order valence-corrected chi connectivity index (χ4v) is 3.91. The number of hydrogen-bond donors (Lipinski definition) is 2. The number of likely N-dealkylation sites (N-methyl/N-ethyl adjacent to an activating group) is 1. The van der Waals surface area contributed by atoms with Crippen LogP contribution in [-0.4, -0.2) is 181 Å². The Morgan fingerprint density at radius 2 is 1.36 bits per heavy atom. The van der Waals surface area contributed by atoms with Gasteiger partial charge >= 0.3 is 11.4 Å². The van der Waals surface area contributed by atoms with E-state index in [-0.39, 0.29) is 29.7 Å².